The highest BCUT2D eigenvalue weighted by Gasteiger charge is 2.27. The molecule has 25 heavy (non-hydrogen) atoms. The summed E-state index contributed by atoms with van der Waals surface area (Å²) in [6.07, 6.45) is -0.668. The first kappa shape index (κ1) is 23.0. The number of alkyl halides is 2. The van der Waals surface area contributed by atoms with E-state index in [0.717, 1.165) is 25.3 Å². The highest BCUT2D eigenvalue weighted by atomic mass is 19.3. The van der Waals surface area contributed by atoms with Crippen LogP contribution in [0.4, 0.5) is 13.6 Å². The Balaban J connectivity index is 0.000000355. The van der Waals surface area contributed by atoms with Crippen molar-refractivity contribution in [2.75, 3.05) is 33.4 Å². The predicted octanol–water partition coefficient (Wildman–Crippen LogP) is 1.23. The Morgan fingerprint density at radius 2 is 2.00 bits per heavy atom. The van der Waals surface area contributed by atoms with Crippen LogP contribution in [0.5, 0.6) is 5.75 Å². The van der Waals surface area contributed by atoms with Gasteiger partial charge in [0.15, 0.2) is 0 Å². The summed E-state index contributed by atoms with van der Waals surface area (Å²) in [6.45, 7) is 1.42. The number of carbonyl (C=O) groups is 1. The molecule has 2 rings (SSSR count). The zero-order valence-electron chi connectivity index (χ0n) is 14.3. The number of rotatable bonds is 4. The molecule has 1 heterocycles. The van der Waals surface area contributed by atoms with Crippen molar-refractivity contribution in [2.45, 2.75) is 25.4 Å². The van der Waals surface area contributed by atoms with Gasteiger partial charge < -0.3 is 30.7 Å². The lowest BCUT2D eigenvalue weighted by Gasteiger charge is -2.11. The SMILES string of the molecule is COc1ccc(C)cc1.O=C(O)NCC(F)(F)CO.OC1CCNC1. The highest BCUT2D eigenvalue weighted by molar-refractivity contribution is 5.64. The van der Waals surface area contributed by atoms with Gasteiger partial charge in [-0.15, -0.1) is 0 Å². The van der Waals surface area contributed by atoms with Crippen LogP contribution in [0.15, 0.2) is 24.3 Å². The number of hydrogen-bond acceptors (Lipinski definition) is 5. The Morgan fingerprint density at radius 1 is 1.40 bits per heavy atom. The van der Waals surface area contributed by atoms with E-state index in [0.29, 0.717) is 0 Å². The van der Waals surface area contributed by atoms with Crippen LogP contribution in [0.1, 0.15) is 12.0 Å². The molecule has 1 aromatic rings. The number of nitrogens with one attached hydrogen (secondary N) is 2. The Labute approximate surface area is 145 Å². The number of aliphatic hydroxyl groups excluding tert-OH is 2. The molecule has 0 spiro atoms. The maximum atomic E-state index is 11.9. The van der Waals surface area contributed by atoms with Gasteiger partial charge in [-0.1, -0.05) is 17.7 Å². The Morgan fingerprint density at radius 3 is 2.32 bits per heavy atom. The van der Waals surface area contributed by atoms with Crippen molar-refractivity contribution in [1.82, 2.24) is 10.6 Å². The first-order valence-electron chi connectivity index (χ1n) is 7.65. The average molecular weight is 364 g/mol. The second-order valence-electron chi connectivity index (χ2n) is 5.34. The molecule has 1 saturated heterocycles. The second-order valence-corrected chi connectivity index (χ2v) is 5.34. The summed E-state index contributed by atoms with van der Waals surface area (Å²) in [5.41, 5.74) is 1.26. The van der Waals surface area contributed by atoms with Crippen LogP contribution in [0.3, 0.4) is 0 Å². The van der Waals surface area contributed by atoms with Crippen molar-refractivity contribution >= 4 is 6.09 Å². The van der Waals surface area contributed by atoms with Crippen molar-refractivity contribution < 1.29 is 33.6 Å². The Hall–Kier alpha value is -1.97. The Kier molecular flexibility index (Phi) is 11.4. The molecule has 144 valence electrons. The van der Waals surface area contributed by atoms with Gasteiger partial charge in [0.2, 0.25) is 0 Å². The molecular formula is C16H26F2N2O5. The molecule has 0 radical (unpaired) electrons. The number of aliphatic hydroxyl groups is 2. The largest absolute Gasteiger partial charge is 0.497 e. The molecule has 1 unspecified atom stereocenters. The normalized spacial score (nSPS) is 16.0. The fraction of sp³-hybridized carbons (Fsp3) is 0.562. The molecule has 9 heteroatoms. The van der Waals surface area contributed by atoms with Gasteiger partial charge in [0.1, 0.15) is 12.4 Å². The number of methoxy groups -OCH3 is 1. The molecule has 0 saturated carbocycles. The van der Waals surface area contributed by atoms with Crippen LogP contribution in [-0.4, -0.2) is 66.8 Å². The molecule has 0 bridgehead atoms. The molecule has 1 atom stereocenters. The first-order valence-corrected chi connectivity index (χ1v) is 7.65. The second kappa shape index (κ2) is 12.4. The van der Waals surface area contributed by atoms with E-state index in [1.807, 2.05) is 24.3 Å². The molecule has 0 aliphatic carbocycles. The lowest BCUT2D eigenvalue weighted by Crippen LogP contribution is -2.38. The lowest BCUT2D eigenvalue weighted by molar-refractivity contribution is -0.0464. The zero-order chi connectivity index (χ0) is 19.3. The van der Waals surface area contributed by atoms with Crippen molar-refractivity contribution in [1.29, 1.82) is 0 Å². The average Bonchev–Trinajstić information content (AvgIpc) is 3.06. The summed E-state index contributed by atoms with van der Waals surface area (Å²) in [5, 5.41) is 28.9. The van der Waals surface area contributed by atoms with Crippen LogP contribution in [0.25, 0.3) is 0 Å². The van der Waals surface area contributed by atoms with Crippen molar-refractivity contribution in [3.8, 4) is 5.75 Å². The van der Waals surface area contributed by atoms with E-state index in [2.05, 4.69) is 12.2 Å². The van der Waals surface area contributed by atoms with Crippen LogP contribution >= 0.6 is 0 Å². The molecule has 1 aromatic carbocycles. The van der Waals surface area contributed by atoms with E-state index < -0.39 is 25.2 Å². The third kappa shape index (κ3) is 13.0. The van der Waals surface area contributed by atoms with E-state index in [4.69, 9.17) is 20.1 Å². The van der Waals surface area contributed by atoms with E-state index in [9.17, 15) is 13.6 Å². The minimum atomic E-state index is -3.36. The minimum absolute atomic E-state index is 0.0648. The van der Waals surface area contributed by atoms with Gasteiger partial charge >= 0.3 is 6.09 Å². The molecule has 0 aromatic heterocycles. The van der Waals surface area contributed by atoms with Gasteiger partial charge in [-0.2, -0.15) is 0 Å². The van der Waals surface area contributed by atoms with Gasteiger partial charge in [0, 0.05) is 6.54 Å². The maximum Gasteiger partial charge on any atom is 0.404 e. The summed E-state index contributed by atoms with van der Waals surface area (Å²) in [7, 11) is 1.67. The first-order chi connectivity index (χ1) is 11.7. The van der Waals surface area contributed by atoms with Gasteiger partial charge in [0.05, 0.1) is 19.8 Å². The van der Waals surface area contributed by atoms with Crippen LogP contribution < -0.4 is 15.4 Å². The maximum absolute atomic E-state index is 11.9. The number of amides is 1. The number of halogens is 2. The van der Waals surface area contributed by atoms with Gasteiger partial charge in [0.25, 0.3) is 5.92 Å². The van der Waals surface area contributed by atoms with E-state index >= 15 is 0 Å². The third-order valence-corrected chi connectivity index (χ3v) is 3.02. The number of benzene rings is 1. The Bertz CT molecular complexity index is 480. The lowest BCUT2D eigenvalue weighted by atomic mass is 10.2. The number of ether oxygens (including phenoxy) is 1. The number of aryl methyl sites for hydroxylation is 1. The van der Waals surface area contributed by atoms with Crippen LogP contribution in [0, 0.1) is 6.92 Å². The zero-order valence-corrected chi connectivity index (χ0v) is 14.3. The fourth-order valence-electron chi connectivity index (χ4n) is 1.57. The summed E-state index contributed by atoms with van der Waals surface area (Å²) in [4.78, 5) is 9.64. The topological polar surface area (TPSA) is 111 Å². The summed E-state index contributed by atoms with van der Waals surface area (Å²) in [6, 6.07) is 7.96. The predicted molar refractivity (Wildman–Crippen MR) is 89.3 cm³/mol. The van der Waals surface area contributed by atoms with Gasteiger partial charge in [-0.3, -0.25) is 0 Å². The molecule has 1 amide bonds. The summed E-state index contributed by atoms with van der Waals surface area (Å²) < 4.78 is 28.8. The van der Waals surface area contributed by atoms with E-state index in [1.165, 1.54) is 10.9 Å². The van der Waals surface area contributed by atoms with E-state index in [-0.39, 0.29) is 6.10 Å². The van der Waals surface area contributed by atoms with Crippen molar-refractivity contribution in [2.24, 2.45) is 0 Å². The monoisotopic (exact) mass is 364 g/mol. The summed E-state index contributed by atoms with van der Waals surface area (Å²) in [5.74, 6) is -2.45. The molecule has 1 aliphatic heterocycles. The highest BCUT2D eigenvalue weighted by Crippen LogP contribution is 2.10. The van der Waals surface area contributed by atoms with Gasteiger partial charge in [-0.25, -0.2) is 13.6 Å². The molecule has 1 fully saturated rings. The smallest absolute Gasteiger partial charge is 0.404 e. The number of hydrogen-bond donors (Lipinski definition) is 5. The van der Waals surface area contributed by atoms with Crippen molar-refractivity contribution in [3.63, 3.8) is 0 Å². The van der Waals surface area contributed by atoms with E-state index in [1.54, 1.807) is 7.11 Å². The van der Waals surface area contributed by atoms with Gasteiger partial charge in [-0.05, 0) is 32.0 Å². The molecule has 5 N–H and O–H groups in total. The van der Waals surface area contributed by atoms with Crippen LogP contribution in [-0.2, 0) is 0 Å². The third-order valence-electron chi connectivity index (χ3n) is 3.02. The van der Waals surface area contributed by atoms with Crippen LogP contribution in [0.2, 0.25) is 0 Å². The number of carboxylic acid groups (broad SMARTS) is 1. The summed E-state index contributed by atoms with van der Waals surface area (Å²) >= 11 is 0. The minimum Gasteiger partial charge on any atom is -0.497 e. The quantitative estimate of drug-likeness (QED) is 0.550. The standard InChI is InChI=1S/C8H10O.C4H7F2NO3.C4H9NO/c1-7-3-5-8(9-2)6-4-7;5-4(6,2-8)1-7-3(9)10;6-4-1-2-5-3-4/h3-6H,1-2H3;7-8H,1-2H2,(H,9,10);4-6H,1-3H2. The van der Waals surface area contributed by atoms with Crippen molar-refractivity contribution in [3.05, 3.63) is 29.8 Å². The fourth-order valence-corrected chi connectivity index (χ4v) is 1.57. The molecule has 7 nitrogen and oxygen atoms in total. The molecular weight excluding hydrogens is 338 g/mol. The molecule has 1 aliphatic rings. The number of β-amino-alcohol motifs (C(OH)–C–C–N with tert-alkyl or cyclic N) is 1.